The van der Waals surface area contributed by atoms with E-state index >= 15 is 0 Å². The van der Waals surface area contributed by atoms with Gasteiger partial charge in [-0.15, -0.1) is 0 Å². The third kappa shape index (κ3) is 6.53. The molecule has 1 N–H and O–H groups in total. The topological polar surface area (TPSA) is 104 Å². The van der Waals surface area contributed by atoms with Gasteiger partial charge in [0, 0.05) is 64.0 Å². The molecule has 9 nitrogen and oxygen atoms in total. The van der Waals surface area contributed by atoms with Gasteiger partial charge in [0.05, 0.1) is 5.56 Å². The summed E-state index contributed by atoms with van der Waals surface area (Å²) in [6.45, 7) is 4.46. The summed E-state index contributed by atoms with van der Waals surface area (Å²) in [6, 6.07) is 17.2. The first-order valence-electron chi connectivity index (χ1n) is 12.8. The van der Waals surface area contributed by atoms with Gasteiger partial charge in [-0.05, 0) is 35.4 Å². The van der Waals surface area contributed by atoms with Gasteiger partial charge in [-0.2, -0.15) is 4.98 Å². The first-order valence-corrected chi connectivity index (χ1v) is 12.8. The second-order valence-corrected chi connectivity index (χ2v) is 9.52. The van der Waals surface area contributed by atoms with E-state index in [9.17, 15) is 14.0 Å². The highest BCUT2D eigenvalue weighted by Gasteiger charge is 2.29. The molecule has 1 unspecified atom stereocenters. The molecule has 1 fully saturated rings. The van der Waals surface area contributed by atoms with Crippen LogP contribution in [0.5, 0.6) is 0 Å². The highest BCUT2D eigenvalue weighted by molar-refractivity contribution is 5.87. The molecule has 1 aliphatic rings. The molecule has 0 aliphatic carbocycles. The molecule has 0 radical (unpaired) electrons. The van der Waals surface area contributed by atoms with Crippen LogP contribution in [0.25, 0.3) is 22.8 Å². The van der Waals surface area contributed by atoms with Crippen LogP contribution >= 0.6 is 0 Å². The smallest absolute Gasteiger partial charge is 0.259 e. The van der Waals surface area contributed by atoms with Gasteiger partial charge in [-0.25, -0.2) is 4.39 Å². The molecule has 2 amide bonds. The molecule has 10 heteroatoms. The Balaban J connectivity index is 1.19. The zero-order chi connectivity index (χ0) is 27.2. The van der Waals surface area contributed by atoms with Crippen molar-refractivity contribution >= 4 is 11.8 Å². The lowest BCUT2D eigenvalue weighted by atomic mass is 10.0. The molecule has 4 aromatic rings. The predicted molar refractivity (Wildman–Crippen MR) is 143 cm³/mol. The Labute approximate surface area is 225 Å². The van der Waals surface area contributed by atoms with Crippen LogP contribution in [0.2, 0.25) is 0 Å². The number of nitrogens with one attached hydrogen (secondary N) is 1. The van der Waals surface area contributed by atoms with Crippen LogP contribution in [0.3, 0.4) is 0 Å². The van der Waals surface area contributed by atoms with Crippen molar-refractivity contribution in [3.63, 3.8) is 0 Å². The minimum Gasteiger partial charge on any atom is -0.344 e. The Morgan fingerprint density at radius 3 is 2.56 bits per heavy atom. The summed E-state index contributed by atoms with van der Waals surface area (Å²) in [5, 5.41) is 6.83. The van der Waals surface area contributed by atoms with Crippen LogP contribution in [-0.2, 0) is 22.6 Å². The third-order valence-electron chi connectivity index (χ3n) is 6.67. The Morgan fingerprint density at radius 1 is 1.03 bits per heavy atom. The molecule has 1 atom stereocenters. The molecule has 1 aliphatic heterocycles. The number of rotatable bonds is 8. The summed E-state index contributed by atoms with van der Waals surface area (Å²) in [6.07, 6.45) is 3.47. The fourth-order valence-electron chi connectivity index (χ4n) is 4.69. The summed E-state index contributed by atoms with van der Waals surface area (Å²) in [4.78, 5) is 37.7. The monoisotopic (exact) mass is 528 g/mol. The van der Waals surface area contributed by atoms with E-state index in [-0.39, 0.29) is 24.1 Å². The fraction of sp³-hybridized carbons (Fsp3) is 0.276. The van der Waals surface area contributed by atoms with Gasteiger partial charge >= 0.3 is 0 Å². The summed E-state index contributed by atoms with van der Waals surface area (Å²) < 4.78 is 19.6. The summed E-state index contributed by atoms with van der Waals surface area (Å²) in [5.41, 5.74) is 3.11. The van der Waals surface area contributed by atoms with Crippen molar-refractivity contribution in [3.05, 3.63) is 90.0 Å². The van der Waals surface area contributed by atoms with E-state index in [4.69, 9.17) is 4.52 Å². The number of benzene rings is 2. The van der Waals surface area contributed by atoms with Crippen molar-refractivity contribution in [2.24, 2.45) is 0 Å². The van der Waals surface area contributed by atoms with Gasteiger partial charge in [0.1, 0.15) is 11.9 Å². The molecule has 39 heavy (non-hydrogen) atoms. The molecule has 5 rings (SSSR count). The number of halogens is 1. The Bertz CT molecular complexity index is 1440. The van der Waals surface area contributed by atoms with Crippen molar-refractivity contribution in [1.29, 1.82) is 0 Å². The van der Waals surface area contributed by atoms with Gasteiger partial charge in [0.2, 0.25) is 17.6 Å². The first kappa shape index (κ1) is 26.2. The van der Waals surface area contributed by atoms with Crippen LogP contribution in [0.15, 0.2) is 77.6 Å². The number of piperazine rings is 1. The molecule has 0 saturated carbocycles. The number of pyridine rings is 1. The second-order valence-electron chi connectivity index (χ2n) is 9.52. The van der Waals surface area contributed by atoms with Crippen LogP contribution in [0.4, 0.5) is 4.39 Å². The number of carbonyl (C=O) groups is 2. The van der Waals surface area contributed by atoms with Crippen molar-refractivity contribution in [2.75, 3.05) is 26.2 Å². The molecule has 0 spiro atoms. The van der Waals surface area contributed by atoms with Crippen LogP contribution in [-0.4, -0.2) is 69.0 Å². The van der Waals surface area contributed by atoms with E-state index in [1.54, 1.807) is 35.5 Å². The van der Waals surface area contributed by atoms with Crippen molar-refractivity contribution in [2.45, 2.75) is 25.9 Å². The molecular formula is C29H29FN6O3. The van der Waals surface area contributed by atoms with E-state index in [1.807, 2.05) is 36.4 Å². The Hall–Kier alpha value is -4.44. The lowest BCUT2D eigenvalue weighted by Gasteiger charge is -2.36. The standard InChI is InChI=1S/C29H29FN6O3/c1-20(37)32-26(17-22-7-2-3-10-25(22)30)29(38)36-14-12-35(13-15-36)19-21-6-4-8-23(16-21)27-33-28(39-34-27)24-9-5-11-31-18-24/h2-11,16,18,26H,12-15,17,19H2,1H3,(H,32,37). The van der Waals surface area contributed by atoms with E-state index in [1.165, 1.54) is 13.0 Å². The molecular weight excluding hydrogens is 499 g/mol. The van der Waals surface area contributed by atoms with Gasteiger partial charge in [-0.3, -0.25) is 19.5 Å². The molecule has 2 aromatic carbocycles. The van der Waals surface area contributed by atoms with Crippen molar-refractivity contribution < 1.29 is 18.5 Å². The normalized spacial score (nSPS) is 14.7. The lowest BCUT2D eigenvalue weighted by molar-refractivity contribution is -0.137. The maximum atomic E-state index is 14.2. The van der Waals surface area contributed by atoms with Crippen LogP contribution in [0, 0.1) is 5.82 Å². The van der Waals surface area contributed by atoms with E-state index in [0.717, 1.165) is 16.7 Å². The molecule has 1 saturated heterocycles. The predicted octanol–water partition coefficient (Wildman–Crippen LogP) is 3.33. The van der Waals surface area contributed by atoms with Crippen LogP contribution in [0.1, 0.15) is 18.1 Å². The number of nitrogens with zero attached hydrogens (tertiary/aromatic N) is 5. The number of aromatic nitrogens is 3. The average Bonchev–Trinajstić information content (AvgIpc) is 3.45. The number of amides is 2. The maximum absolute atomic E-state index is 14.2. The van der Waals surface area contributed by atoms with Gasteiger partial charge in [0.15, 0.2) is 0 Å². The maximum Gasteiger partial charge on any atom is 0.259 e. The SMILES string of the molecule is CC(=O)NC(Cc1ccccc1F)C(=O)N1CCN(Cc2cccc(-c3noc(-c4cccnc4)n3)c2)CC1. The van der Waals surface area contributed by atoms with E-state index < -0.39 is 6.04 Å². The molecule has 200 valence electrons. The average molecular weight is 529 g/mol. The molecule has 0 bridgehead atoms. The highest BCUT2D eigenvalue weighted by Crippen LogP contribution is 2.23. The quantitative estimate of drug-likeness (QED) is 0.374. The third-order valence-corrected chi connectivity index (χ3v) is 6.67. The molecule has 2 aromatic heterocycles. The largest absolute Gasteiger partial charge is 0.344 e. The van der Waals surface area contributed by atoms with Crippen molar-refractivity contribution in [3.8, 4) is 22.8 Å². The minimum absolute atomic E-state index is 0.108. The van der Waals surface area contributed by atoms with E-state index in [0.29, 0.717) is 50.0 Å². The highest BCUT2D eigenvalue weighted by atomic mass is 19.1. The number of carbonyl (C=O) groups excluding carboxylic acids is 2. The Morgan fingerprint density at radius 2 is 1.82 bits per heavy atom. The minimum atomic E-state index is -0.811. The zero-order valence-electron chi connectivity index (χ0n) is 21.6. The first-order chi connectivity index (χ1) is 19.0. The van der Waals surface area contributed by atoms with Gasteiger partial charge in [-0.1, -0.05) is 41.6 Å². The Kier molecular flexibility index (Phi) is 8.02. The van der Waals surface area contributed by atoms with Gasteiger partial charge < -0.3 is 14.7 Å². The summed E-state index contributed by atoms with van der Waals surface area (Å²) in [5.74, 6) is 0.0117. The lowest BCUT2D eigenvalue weighted by Crippen LogP contribution is -2.55. The van der Waals surface area contributed by atoms with Crippen LogP contribution < -0.4 is 5.32 Å². The van der Waals surface area contributed by atoms with E-state index in [2.05, 4.69) is 25.3 Å². The second kappa shape index (κ2) is 12.0. The van der Waals surface area contributed by atoms with Gasteiger partial charge in [0.25, 0.3) is 5.89 Å². The summed E-state index contributed by atoms with van der Waals surface area (Å²) >= 11 is 0. The zero-order valence-corrected chi connectivity index (χ0v) is 21.6. The fourth-order valence-corrected chi connectivity index (χ4v) is 4.69. The summed E-state index contributed by atoms with van der Waals surface area (Å²) in [7, 11) is 0. The number of hydrogen-bond donors (Lipinski definition) is 1. The van der Waals surface area contributed by atoms with Crippen molar-refractivity contribution in [1.82, 2.24) is 30.2 Å². The number of hydrogen-bond acceptors (Lipinski definition) is 7. The molecule has 3 heterocycles.